The number of piperidine rings is 1. The second-order valence-corrected chi connectivity index (χ2v) is 4.42. The lowest BCUT2D eigenvalue weighted by Crippen LogP contribution is -2.48. The molecule has 2 amide bonds. The van der Waals surface area contributed by atoms with Gasteiger partial charge in [-0.05, 0) is 19.3 Å². The van der Waals surface area contributed by atoms with Gasteiger partial charge in [0.05, 0.1) is 0 Å². The van der Waals surface area contributed by atoms with E-state index in [1.807, 2.05) is 0 Å². The van der Waals surface area contributed by atoms with Crippen LogP contribution in [0.3, 0.4) is 0 Å². The van der Waals surface area contributed by atoms with Gasteiger partial charge in [-0.2, -0.15) is 0 Å². The lowest BCUT2D eigenvalue weighted by atomic mass is 10.1. The van der Waals surface area contributed by atoms with Crippen LogP contribution in [0.2, 0.25) is 0 Å². The molecule has 2 fully saturated rings. The van der Waals surface area contributed by atoms with E-state index in [1.165, 1.54) is 0 Å². The molecule has 0 aromatic heterocycles. The van der Waals surface area contributed by atoms with Crippen molar-refractivity contribution in [3.05, 3.63) is 0 Å². The Morgan fingerprint density at radius 1 is 0.824 bits per heavy atom. The number of carbonyl (C=O) groups excluding carboxylic acids is 2. The van der Waals surface area contributed by atoms with Crippen LogP contribution in [-0.2, 0) is 4.74 Å². The van der Waals surface area contributed by atoms with Gasteiger partial charge in [0.1, 0.15) is 0 Å². The van der Waals surface area contributed by atoms with Crippen LogP contribution in [0.5, 0.6) is 0 Å². The van der Waals surface area contributed by atoms with Crippen molar-refractivity contribution in [2.75, 3.05) is 39.3 Å². The third-order valence-corrected chi connectivity index (χ3v) is 3.16. The van der Waals surface area contributed by atoms with Gasteiger partial charge in [0.2, 0.25) is 0 Å². The Morgan fingerprint density at radius 3 is 1.94 bits per heavy atom. The van der Waals surface area contributed by atoms with Gasteiger partial charge in [0, 0.05) is 39.3 Å². The summed E-state index contributed by atoms with van der Waals surface area (Å²) in [4.78, 5) is 26.6. The highest BCUT2D eigenvalue weighted by Crippen LogP contribution is 2.10. The summed E-state index contributed by atoms with van der Waals surface area (Å²) in [6, 6.07) is 0. The molecule has 2 heterocycles. The van der Waals surface area contributed by atoms with Gasteiger partial charge in [-0.15, -0.1) is 0 Å². The van der Waals surface area contributed by atoms with Crippen LogP contribution in [0.25, 0.3) is 0 Å². The van der Waals surface area contributed by atoms with Crippen LogP contribution in [-0.4, -0.2) is 61.3 Å². The third kappa shape index (κ3) is 3.33. The van der Waals surface area contributed by atoms with Gasteiger partial charge >= 0.3 is 12.2 Å². The van der Waals surface area contributed by atoms with Crippen molar-refractivity contribution < 1.29 is 14.3 Å². The van der Waals surface area contributed by atoms with Crippen LogP contribution in [0, 0.1) is 0 Å². The summed E-state index contributed by atoms with van der Waals surface area (Å²) in [7, 11) is 0. The second kappa shape index (κ2) is 5.86. The summed E-state index contributed by atoms with van der Waals surface area (Å²) in [5, 5.41) is 3.14. The maximum atomic E-state index is 11.7. The molecule has 2 aliphatic heterocycles. The number of amides is 2. The molecule has 0 radical (unpaired) electrons. The molecule has 6 heteroatoms. The summed E-state index contributed by atoms with van der Waals surface area (Å²) in [6.07, 6.45) is 2.14. The maximum Gasteiger partial charge on any atom is 0.418 e. The molecule has 2 rings (SSSR count). The van der Waals surface area contributed by atoms with Crippen molar-refractivity contribution in [2.24, 2.45) is 0 Å². The van der Waals surface area contributed by atoms with E-state index >= 15 is 0 Å². The van der Waals surface area contributed by atoms with Crippen LogP contribution in [0.4, 0.5) is 9.59 Å². The van der Waals surface area contributed by atoms with Crippen molar-refractivity contribution in [3.8, 4) is 0 Å². The molecule has 0 aromatic rings. The highest BCUT2D eigenvalue weighted by molar-refractivity contribution is 5.83. The van der Waals surface area contributed by atoms with Crippen molar-refractivity contribution in [2.45, 2.75) is 19.3 Å². The molecule has 0 aromatic carbocycles. The van der Waals surface area contributed by atoms with Crippen LogP contribution in [0.1, 0.15) is 19.3 Å². The molecule has 1 N–H and O–H groups in total. The molecule has 0 saturated carbocycles. The van der Waals surface area contributed by atoms with Gasteiger partial charge in [0.15, 0.2) is 0 Å². The normalized spacial score (nSPS) is 21.2. The SMILES string of the molecule is O=C(OC(=O)N1CCNCC1)N1CCCCC1. The lowest BCUT2D eigenvalue weighted by Gasteiger charge is -2.29. The zero-order valence-electron chi connectivity index (χ0n) is 9.98. The molecule has 17 heavy (non-hydrogen) atoms. The highest BCUT2D eigenvalue weighted by atomic mass is 16.6. The lowest BCUT2D eigenvalue weighted by molar-refractivity contribution is 0.0869. The summed E-state index contributed by atoms with van der Waals surface area (Å²) in [6.45, 7) is 4.12. The Labute approximate surface area is 101 Å². The maximum absolute atomic E-state index is 11.7. The fraction of sp³-hybridized carbons (Fsp3) is 0.818. The topological polar surface area (TPSA) is 61.9 Å². The van der Waals surface area contributed by atoms with Crippen LogP contribution >= 0.6 is 0 Å². The number of ether oxygens (including phenoxy) is 1. The number of likely N-dealkylation sites (tertiary alicyclic amines) is 1. The number of rotatable bonds is 0. The first-order chi connectivity index (χ1) is 8.27. The first-order valence-electron chi connectivity index (χ1n) is 6.24. The molecular formula is C11H19N3O3. The van der Waals surface area contributed by atoms with Gasteiger partial charge < -0.3 is 19.9 Å². The number of carbonyl (C=O) groups is 2. The predicted molar refractivity (Wildman–Crippen MR) is 61.7 cm³/mol. The summed E-state index contributed by atoms with van der Waals surface area (Å²) in [5.41, 5.74) is 0. The fourth-order valence-corrected chi connectivity index (χ4v) is 2.13. The van der Waals surface area contributed by atoms with Crippen LogP contribution < -0.4 is 5.32 Å². The van der Waals surface area contributed by atoms with E-state index in [-0.39, 0.29) is 0 Å². The quantitative estimate of drug-likeness (QED) is 0.632. The predicted octanol–water partition coefficient (Wildman–Crippen LogP) is 0.634. The molecular weight excluding hydrogens is 222 g/mol. The average molecular weight is 241 g/mol. The Balaban J connectivity index is 1.78. The molecule has 6 nitrogen and oxygen atoms in total. The van der Waals surface area contributed by atoms with E-state index in [2.05, 4.69) is 5.32 Å². The molecule has 0 bridgehead atoms. The number of hydrogen-bond acceptors (Lipinski definition) is 4. The van der Waals surface area contributed by atoms with E-state index in [1.54, 1.807) is 9.80 Å². The largest absolute Gasteiger partial charge is 0.418 e. The third-order valence-electron chi connectivity index (χ3n) is 3.16. The number of piperazine rings is 1. The first-order valence-corrected chi connectivity index (χ1v) is 6.24. The molecule has 0 atom stereocenters. The number of nitrogens with one attached hydrogen (secondary N) is 1. The highest BCUT2D eigenvalue weighted by Gasteiger charge is 2.24. The zero-order chi connectivity index (χ0) is 12.1. The Kier molecular flexibility index (Phi) is 4.19. The summed E-state index contributed by atoms with van der Waals surface area (Å²) < 4.78 is 4.88. The van der Waals surface area contributed by atoms with E-state index < -0.39 is 12.2 Å². The molecule has 96 valence electrons. The Bertz CT molecular complexity index is 256. The van der Waals surface area contributed by atoms with E-state index in [0.29, 0.717) is 26.2 Å². The summed E-state index contributed by atoms with van der Waals surface area (Å²) in [5.74, 6) is 0. The van der Waals surface area contributed by atoms with Crippen molar-refractivity contribution >= 4 is 12.2 Å². The Hall–Kier alpha value is -1.30. The summed E-state index contributed by atoms with van der Waals surface area (Å²) >= 11 is 0. The fourth-order valence-electron chi connectivity index (χ4n) is 2.13. The smallest absolute Gasteiger partial charge is 0.359 e. The minimum Gasteiger partial charge on any atom is -0.359 e. The number of nitrogens with zero attached hydrogens (tertiary/aromatic N) is 2. The molecule has 2 aliphatic rings. The minimum absolute atomic E-state index is 0.492. The molecule has 2 saturated heterocycles. The van der Waals surface area contributed by atoms with Crippen molar-refractivity contribution in [1.29, 1.82) is 0 Å². The Morgan fingerprint density at radius 2 is 1.35 bits per heavy atom. The molecule has 0 spiro atoms. The van der Waals surface area contributed by atoms with Gasteiger partial charge in [-0.3, -0.25) is 0 Å². The van der Waals surface area contributed by atoms with E-state index in [0.717, 1.165) is 32.4 Å². The van der Waals surface area contributed by atoms with Gasteiger partial charge in [-0.1, -0.05) is 0 Å². The molecule has 0 unspecified atom stereocenters. The minimum atomic E-state index is -0.512. The average Bonchev–Trinajstić information content (AvgIpc) is 2.40. The monoisotopic (exact) mass is 241 g/mol. The van der Waals surface area contributed by atoms with Crippen LogP contribution in [0.15, 0.2) is 0 Å². The zero-order valence-corrected chi connectivity index (χ0v) is 9.98. The number of hydrogen-bond donors (Lipinski definition) is 1. The van der Waals surface area contributed by atoms with Crippen molar-refractivity contribution in [3.63, 3.8) is 0 Å². The van der Waals surface area contributed by atoms with E-state index in [4.69, 9.17) is 4.74 Å². The molecule has 0 aliphatic carbocycles. The van der Waals surface area contributed by atoms with Gasteiger partial charge in [0.25, 0.3) is 0 Å². The standard InChI is InChI=1S/C11H19N3O3/c15-10(13-6-2-1-3-7-13)17-11(16)14-8-4-12-5-9-14/h12H,1-9H2. The van der Waals surface area contributed by atoms with E-state index in [9.17, 15) is 9.59 Å². The first kappa shape index (κ1) is 12.2. The second-order valence-electron chi connectivity index (χ2n) is 4.42. The van der Waals surface area contributed by atoms with Gasteiger partial charge in [-0.25, -0.2) is 9.59 Å². The van der Waals surface area contributed by atoms with Crippen molar-refractivity contribution in [1.82, 2.24) is 15.1 Å².